The molecule has 0 aromatic carbocycles. The van der Waals surface area contributed by atoms with Crippen LogP contribution in [-0.2, 0) is 25.9 Å². The Morgan fingerprint density at radius 2 is 2.22 bits per heavy atom. The number of aromatic nitrogens is 3. The van der Waals surface area contributed by atoms with Gasteiger partial charge in [-0.1, -0.05) is 13.0 Å². The maximum Gasteiger partial charge on any atom is 0.133 e. The average Bonchev–Trinajstić information content (AvgIpc) is 3.25. The molecule has 3 aromatic heterocycles. The van der Waals surface area contributed by atoms with E-state index in [2.05, 4.69) is 39.7 Å². The predicted molar refractivity (Wildman–Crippen MR) is 94.7 cm³/mol. The molecule has 4 nitrogen and oxygen atoms in total. The number of aryl methyl sites for hydroxylation is 1. The van der Waals surface area contributed by atoms with Crippen molar-refractivity contribution in [3.05, 3.63) is 51.9 Å². The zero-order valence-corrected chi connectivity index (χ0v) is 14.7. The second-order valence-corrected chi connectivity index (χ2v) is 7.50. The summed E-state index contributed by atoms with van der Waals surface area (Å²) in [6.07, 6.45) is 3.93. The van der Waals surface area contributed by atoms with Crippen LogP contribution in [0.1, 0.15) is 29.7 Å². The summed E-state index contributed by atoms with van der Waals surface area (Å²) in [5.41, 5.74) is 3.65. The van der Waals surface area contributed by atoms with E-state index in [1.165, 1.54) is 16.1 Å². The molecule has 1 aliphatic heterocycles. The van der Waals surface area contributed by atoms with Crippen LogP contribution in [0.25, 0.3) is 9.88 Å². The first-order valence-corrected chi connectivity index (χ1v) is 9.62. The van der Waals surface area contributed by atoms with Gasteiger partial charge in [-0.15, -0.1) is 22.7 Å². The normalized spacial score (nSPS) is 14.8. The molecule has 0 N–H and O–H groups in total. The third-order valence-electron chi connectivity index (χ3n) is 4.06. The molecule has 4 heterocycles. The molecule has 0 fully saturated rings. The molecule has 0 aliphatic carbocycles. The minimum atomic E-state index is 0.892. The van der Waals surface area contributed by atoms with Crippen molar-refractivity contribution in [3.8, 4) is 9.88 Å². The number of thiophene rings is 1. The average molecular weight is 342 g/mol. The molecular weight excluding hydrogens is 324 g/mol. The molecule has 0 radical (unpaired) electrons. The van der Waals surface area contributed by atoms with E-state index in [4.69, 9.17) is 9.97 Å². The minimum absolute atomic E-state index is 0.892. The van der Waals surface area contributed by atoms with Crippen LogP contribution in [-0.4, -0.2) is 26.4 Å². The maximum atomic E-state index is 4.79. The van der Waals surface area contributed by atoms with Gasteiger partial charge in [0.15, 0.2) is 0 Å². The molecule has 0 saturated carbocycles. The Balaban J connectivity index is 1.48. The van der Waals surface area contributed by atoms with Gasteiger partial charge in [-0.2, -0.15) is 0 Å². The van der Waals surface area contributed by atoms with Gasteiger partial charge in [0.05, 0.1) is 16.3 Å². The van der Waals surface area contributed by atoms with E-state index >= 15 is 0 Å². The van der Waals surface area contributed by atoms with Crippen LogP contribution in [0.3, 0.4) is 0 Å². The number of thiazole rings is 1. The van der Waals surface area contributed by atoms with Crippen molar-refractivity contribution in [2.45, 2.75) is 32.9 Å². The highest BCUT2D eigenvalue weighted by atomic mass is 32.1. The molecule has 0 amide bonds. The Kier molecular flexibility index (Phi) is 4.20. The van der Waals surface area contributed by atoms with Crippen LogP contribution in [0.4, 0.5) is 0 Å². The van der Waals surface area contributed by atoms with Crippen molar-refractivity contribution >= 4 is 22.7 Å². The Bertz CT molecular complexity index is 795. The van der Waals surface area contributed by atoms with E-state index in [0.717, 1.165) is 49.0 Å². The van der Waals surface area contributed by atoms with E-state index in [9.17, 15) is 0 Å². The molecule has 118 valence electrons. The fraction of sp³-hybridized carbons (Fsp3) is 0.353. The smallest absolute Gasteiger partial charge is 0.133 e. The van der Waals surface area contributed by atoms with Crippen LogP contribution >= 0.6 is 22.7 Å². The van der Waals surface area contributed by atoms with Gasteiger partial charge < -0.3 is 0 Å². The van der Waals surface area contributed by atoms with E-state index in [-0.39, 0.29) is 0 Å². The van der Waals surface area contributed by atoms with Crippen LogP contribution < -0.4 is 0 Å². The second kappa shape index (κ2) is 6.47. The molecule has 3 aromatic rings. The van der Waals surface area contributed by atoms with Gasteiger partial charge in [0.25, 0.3) is 0 Å². The highest BCUT2D eigenvalue weighted by Crippen LogP contribution is 2.28. The number of hydrogen-bond donors (Lipinski definition) is 0. The van der Waals surface area contributed by atoms with Crippen LogP contribution in [0.15, 0.2) is 29.1 Å². The van der Waals surface area contributed by atoms with Gasteiger partial charge in [-0.05, 0) is 23.4 Å². The van der Waals surface area contributed by atoms with Crippen molar-refractivity contribution in [1.29, 1.82) is 0 Å². The summed E-state index contributed by atoms with van der Waals surface area (Å²) in [5, 5.41) is 5.41. The summed E-state index contributed by atoms with van der Waals surface area (Å²) in [5.74, 6) is 0.944. The fourth-order valence-corrected chi connectivity index (χ4v) is 4.45. The summed E-state index contributed by atoms with van der Waals surface area (Å²) in [6, 6.07) is 4.21. The highest BCUT2D eigenvalue weighted by molar-refractivity contribution is 7.20. The quantitative estimate of drug-likeness (QED) is 0.723. The number of rotatable bonds is 4. The molecule has 4 rings (SSSR count). The molecule has 1 aliphatic rings. The van der Waals surface area contributed by atoms with Gasteiger partial charge in [0.2, 0.25) is 0 Å². The molecule has 0 bridgehead atoms. The first-order valence-electron chi connectivity index (χ1n) is 7.86. The number of fused-ring (bicyclic) bond motifs is 1. The van der Waals surface area contributed by atoms with Crippen molar-refractivity contribution in [1.82, 2.24) is 19.9 Å². The predicted octanol–water partition coefficient (Wildman–Crippen LogP) is 3.78. The van der Waals surface area contributed by atoms with E-state index in [0.29, 0.717) is 0 Å². The second-order valence-electron chi connectivity index (χ2n) is 5.69. The van der Waals surface area contributed by atoms with Crippen LogP contribution in [0, 0.1) is 0 Å². The van der Waals surface area contributed by atoms with E-state index in [1.807, 2.05) is 6.20 Å². The fourth-order valence-electron chi connectivity index (χ4n) is 2.83. The van der Waals surface area contributed by atoms with Gasteiger partial charge in [-0.3, -0.25) is 4.90 Å². The van der Waals surface area contributed by atoms with Crippen LogP contribution in [0.5, 0.6) is 0 Å². The first kappa shape index (κ1) is 14.9. The zero-order chi connectivity index (χ0) is 15.6. The van der Waals surface area contributed by atoms with Gasteiger partial charge >= 0.3 is 0 Å². The summed E-state index contributed by atoms with van der Waals surface area (Å²) >= 11 is 3.48. The lowest BCUT2D eigenvalue weighted by Gasteiger charge is -2.27. The standard InChI is InChI=1S/C17H18N4S2/c1-2-16-18-8-12-5-6-21(10-14(12)20-16)9-13-11-23-17(19-13)15-4-3-7-22-15/h3-4,7-8,11H,2,5-6,9-10H2,1H3. The van der Waals surface area contributed by atoms with Crippen molar-refractivity contribution in [3.63, 3.8) is 0 Å². The summed E-state index contributed by atoms with van der Waals surface area (Å²) in [7, 11) is 0. The van der Waals surface area contributed by atoms with Crippen LogP contribution in [0.2, 0.25) is 0 Å². The highest BCUT2D eigenvalue weighted by Gasteiger charge is 2.19. The third-order valence-corrected chi connectivity index (χ3v) is 5.99. The maximum absolute atomic E-state index is 4.79. The van der Waals surface area contributed by atoms with E-state index < -0.39 is 0 Å². The zero-order valence-electron chi connectivity index (χ0n) is 13.0. The Hall–Kier alpha value is -1.63. The van der Waals surface area contributed by atoms with Crippen molar-refractivity contribution in [2.24, 2.45) is 0 Å². The Morgan fingerprint density at radius 1 is 1.26 bits per heavy atom. The molecule has 23 heavy (non-hydrogen) atoms. The van der Waals surface area contributed by atoms with Crippen molar-refractivity contribution < 1.29 is 0 Å². The monoisotopic (exact) mass is 342 g/mol. The summed E-state index contributed by atoms with van der Waals surface area (Å²) in [6.45, 7) is 4.95. The number of nitrogens with zero attached hydrogens (tertiary/aromatic N) is 4. The topological polar surface area (TPSA) is 41.9 Å². The van der Waals surface area contributed by atoms with Gasteiger partial charge in [0.1, 0.15) is 10.8 Å². The molecule has 0 spiro atoms. The first-order chi connectivity index (χ1) is 11.3. The molecule has 0 atom stereocenters. The lowest BCUT2D eigenvalue weighted by molar-refractivity contribution is 0.238. The van der Waals surface area contributed by atoms with E-state index in [1.54, 1.807) is 22.7 Å². The van der Waals surface area contributed by atoms with Crippen molar-refractivity contribution in [2.75, 3.05) is 6.54 Å². The summed E-state index contributed by atoms with van der Waals surface area (Å²) in [4.78, 5) is 17.6. The van der Waals surface area contributed by atoms with Gasteiger partial charge in [0, 0.05) is 37.6 Å². The SMILES string of the molecule is CCc1ncc2c(n1)CN(Cc1csc(-c3cccs3)n1)CC2. The molecule has 0 saturated heterocycles. The largest absolute Gasteiger partial charge is 0.291 e. The Labute approximate surface area is 143 Å². The molecular formula is C17H18N4S2. The molecule has 0 unspecified atom stereocenters. The third kappa shape index (κ3) is 3.20. The Morgan fingerprint density at radius 3 is 3.04 bits per heavy atom. The minimum Gasteiger partial charge on any atom is -0.291 e. The number of hydrogen-bond acceptors (Lipinski definition) is 6. The lowest BCUT2D eigenvalue weighted by atomic mass is 10.1. The summed E-state index contributed by atoms with van der Waals surface area (Å²) < 4.78 is 0. The molecule has 6 heteroatoms. The van der Waals surface area contributed by atoms with Gasteiger partial charge in [-0.25, -0.2) is 15.0 Å². The lowest BCUT2D eigenvalue weighted by Crippen LogP contribution is -2.31.